The number of aliphatic hydroxyl groups is 1. The summed E-state index contributed by atoms with van der Waals surface area (Å²) in [4.78, 5) is 24.1. The second-order valence-electron chi connectivity index (χ2n) is 7.22. The Bertz CT molecular complexity index is 827. The van der Waals surface area contributed by atoms with Crippen LogP contribution in [-0.4, -0.2) is 49.5 Å². The average Bonchev–Trinajstić information content (AvgIpc) is 2.50. The number of sulfone groups is 1. The van der Waals surface area contributed by atoms with Crippen LogP contribution in [0.3, 0.4) is 0 Å². The van der Waals surface area contributed by atoms with Gasteiger partial charge in [-0.1, -0.05) is 12.1 Å². The van der Waals surface area contributed by atoms with Gasteiger partial charge < -0.3 is 14.6 Å². The van der Waals surface area contributed by atoms with Crippen molar-refractivity contribution in [1.29, 1.82) is 0 Å². The summed E-state index contributed by atoms with van der Waals surface area (Å²) in [7, 11) is -3.00. The Morgan fingerprint density at radius 3 is 2.41 bits per heavy atom. The summed E-state index contributed by atoms with van der Waals surface area (Å²) < 4.78 is 32.8. The van der Waals surface area contributed by atoms with Crippen LogP contribution in [0.1, 0.15) is 32.3 Å². The number of ketones is 1. The number of allylic oxidation sites excluding steroid dienone is 1. The maximum Gasteiger partial charge on any atom is 0.345 e. The van der Waals surface area contributed by atoms with Gasteiger partial charge in [-0.15, -0.1) is 0 Å². The van der Waals surface area contributed by atoms with Crippen LogP contribution in [0, 0.1) is 0 Å². The molecule has 0 bridgehead atoms. The zero-order chi connectivity index (χ0) is 20.2. The molecule has 2 rings (SSSR count). The molecule has 0 atom stereocenters. The lowest BCUT2D eigenvalue weighted by Crippen LogP contribution is -2.39. The monoisotopic (exact) mass is 396 g/mol. The molecular formula is C19H24O7S. The number of benzene rings is 1. The van der Waals surface area contributed by atoms with Crippen molar-refractivity contribution in [2.24, 2.45) is 0 Å². The summed E-state index contributed by atoms with van der Waals surface area (Å²) in [5, 5.41) is 10.2. The molecule has 27 heavy (non-hydrogen) atoms. The van der Waals surface area contributed by atoms with E-state index in [9.17, 15) is 23.1 Å². The largest absolute Gasteiger partial charge is 0.511 e. The highest BCUT2D eigenvalue weighted by Gasteiger charge is 2.39. The molecule has 8 heteroatoms. The third-order valence-corrected chi connectivity index (χ3v) is 4.98. The van der Waals surface area contributed by atoms with E-state index in [2.05, 4.69) is 0 Å². The molecule has 1 fully saturated rings. The van der Waals surface area contributed by atoms with Crippen LogP contribution >= 0.6 is 0 Å². The number of hydrogen-bond acceptors (Lipinski definition) is 7. The number of esters is 1. The van der Waals surface area contributed by atoms with E-state index in [0.717, 1.165) is 0 Å². The highest BCUT2D eigenvalue weighted by molar-refractivity contribution is 7.90. The second-order valence-corrected chi connectivity index (χ2v) is 9.48. The SMILES string of the molecule is CC1(C)CC(=O)C(=C(O)Cc2ccc(OCCCS(C)(=O)=O)cc2)C(=O)O1. The standard InChI is InChI=1S/C19H24O7S/c1-19(2)12-16(21)17(18(22)26-19)15(20)11-13-5-7-14(8-6-13)25-9-4-10-27(3,23)24/h5-8,20H,4,9-12H2,1-3H3. The topological polar surface area (TPSA) is 107 Å². The van der Waals surface area contributed by atoms with Crippen molar-refractivity contribution >= 4 is 21.6 Å². The number of ether oxygens (including phenoxy) is 2. The molecule has 1 aliphatic heterocycles. The molecule has 0 unspecified atom stereocenters. The lowest BCUT2D eigenvalue weighted by Gasteiger charge is -2.29. The van der Waals surface area contributed by atoms with Gasteiger partial charge in [-0.3, -0.25) is 4.79 Å². The summed E-state index contributed by atoms with van der Waals surface area (Å²) in [5.41, 5.74) is -0.474. The van der Waals surface area contributed by atoms with Crippen molar-refractivity contribution in [3.8, 4) is 5.75 Å². The van der Waals surface area contributed by atoms with Crippen molar-refractivity contribution < 1.29 is 32.6 Å². The summed E-state index contributed by atoms with van der Waals surface area (Å²) in [6.45, 7) is 3.56. The molecule has 0 spiro atoms. The number of cyclic esters (lactones) is 1. The zero-order valence-corrected chi connectivity index (χ0v) is 16.5. The van der Waals surface area contributed by atoms with E-state index in [1.54, 1.807) is 38.1 Å². The fourth-order valence-electron chi connectivity index (χ4n) is 2.70. The van der Waals surface area contributed by atoms with Gasteiger partial charge in [0.05, 0.1) is 18.8 Å². The van der Waals surface area contributed by atoms with Gasteiger partial charge >= 0.3 is 5.97 Å². The minimum atomic E-state index is -3.00. The van der Waals surface area contributed by atoms with E-state index in [-0.39, 0.29) is 36.5 Å². The third kappa shape index (κ3) is 6.39. The van der Waals surface area contributed by atoms with Gasteiger partial charge in [-0.05, 0) is 38.0 Å². The van der Waals surface area contributed by atoms with Crippen LogP contribution in [0.4, 0.5) is 0 Å². The van der Waals surface area contributed by atoms with Crippen molar-refractivity contribution in [3.63, 3.8) is 0 Å². The number of carbonyl (C=O) groups excluding carboxylic acids is 2. The normalized spacial score (nSPS) is 18.8. The number of rotatable bonds is 7. The molecule has 1 aliphatic rings. The minimum absolute atomic E-state index is 0.0188. The van der Waals surface area contributed by atoms with Crippen LogP contribution in [0.15, 0.2) is 35.6 Å². The van der Waals surface area contributed by atoms with Gasteiger partial charge in [0.1, 0.15) is 32.5 Å². The van der Waals surface area contributed by atoms with E-state index < -0.39 is 27.2 Å². The van der Waals surface area contributed by atoms with Crippen molar-refractivity contribution in [3.05, 3.63) is 41.2 Å². The van der Waals surface area contributed by atoms with Gasteiger partial charge in [-0.25, -0.2) is 13.2 Å². The van der Waals surface area contributed by atoms with Crippen LogP contribution in [0.2, 0.25) is 0 Å². The highest BCUT2D eigenvalue weighted by atomic mass is 32.2. The molecule has 1 N–H and O–H groups in total. The number of hydrogen-bond donors (Lipinski definition) is 1. The first-order chi connectivity index (χ1) is 12.5. The van der Waals surface area contributed by atoms with E-state index in [0.29, 0.717) is 17.7 Å². The van der Waals surface area contributed by atoms with Gasteiger partial charge in [0.25, 0.3) is 0 Å². The molecule has 7 nitrogen and oxygen atoms in total. The molecule has 1 saturated heterocycles. The molecule has 1 aromatic carbocycles. The summed E-state index contributed by atoms with van der Waals surface area (Å²) in [6.07, 6.45) is 1.62. The third-order valence-electron chi connectivity index (χ3n) is 3.95. The smallest absolute Gasteiger partial charge is 0.345 e. The zero-order valence-electron chi connectivity index (χ0n) is 15.6. The van der Waals surface area contributed by atoms with Crippen LogP contribution in [-0.2, 0) is 30.6 Å². The molecule has 1 heterocycles. The van der Waals surface area contributed by atoms with E-state index >= 15 is 0 Å². The summed E-state index contributed by atoms with van der Waals surface area (Å²) in [5.74, 6) is -0.927. The molecule has 0 amide bonds. The van der Waals surface area contributed by atoms with E-state index in [1.165, 1.54) is 6.26 Å². The van der Waals surface area contributed by atoms with Gasteiger partial charge in [0, 0.05) is 12.7 Å². The quantitative estimate of drug-likeness (QED) is 0.247. The van der Waals surface area contributed by atoms with Crippen LogP contribution in [0.25, 0.3) is 0 Å². The Kier molecular flexibility index (Phi) is 6.30. The summed E-state index contributed by atoms with van der Waals surface area (Å²) in [6, 6.07) is 6.76. The predicted molar refractivity (Wildman–Crippen MR) is 99.4 cm³/mol. The number of Topliss-reactive ketones (excluding diaryl/α,β-unsaturated/α-hetero) is 1. The minimum Gasteiger partial charge on any atom is -0.511 e. The van der Waals surface area contributed by atoms with E-state index in [1.807, 2.05) is 0 Å². The first kappa shape index (κ1) is 21.0. The number of carbonyl (C=O) groups is 2. The maximum absolute atomic E-state index is 12.1. The Labute approximate surface area is 158 Å². The number of aliphatic hydroxyl groups excluding tert-OH is 1. The van der Waals surface area contributed by atoms with Crippen LogP contribution < -0.4 is 4.74 Å². The molecule has 0 radical (unpaired) electrons. The summed E-state index contributed by atoms with van der Waals surface area (Å²) >= 11 is 0. The van der Waals surface area contributed by atoms with Crippen LogP contribution in [0.5, 0.6) is 5.75 Å². The van der Waals surface area contributed by atoms with Crippen molar-refractivity contribution in [1.82, 2.24) is 0 Å². The molecule has 0 saturated carbocycles. The fraction of sp³-hybridized carbons (Fsp3) is 0.474. The molecule has 0 aromatic heterocycles. The molecule has 148 valence electrons. The molecule has 0 aliphatic carbocycles. The van der Waals surface area contributed by atoms with Gasteiger partial charge in [0.15, 0.2) is 5.78 Å². The van der Waals surface area contributed by atoms with Gasteiger partial charge in [-0.2, -0.15) is 0 Å². The average molecular weight is 396 g/mol. The van der Waals surface area contributed by atoms with Crippen molar-refractivity contribution in [2.75, 3.05) is 18.6 Å². The van der Waals surface area contributed by atoms with E-state index in [4.69, 9.17) is 9.47 Å². The highest BCUT2D eigenvalue weighted by Crippen LogP contribution is 2.27. The lowest BCUT2D eigenvalue weighted by atomic mass is 9.92. The lowest BCUT2D eigenvalue weighted by molar-refractivity contribution is -0.159. The molecule has 1 aromatic rings. The Morgan fingerprint density at radius 2 is 1.85 bits per heavy atom. The second kappa shape index (κ2) is 8.12. The van der Waals surface area contributed by atoms with Gasteiger partial charge in [0.2, 0.25) is 0 Å². The fourth-order valence-corrected chi connectivity index (χ4v) is 3.34. The Balaban J connectivity index is 1.97. The maximum atomic E-state index is 12.1. The van der Waals surface area contributed by atoms with Crippen molar-refractivity contribution in [2.45, 2.75) is 38.7 Å². The Morgan fingerprint density at radius 1 is 1.22 bits per heavy atom. The first-order valence-electron chi connectivity index (χ1n) is 8.55. The molecular weight excluding hydrogens is 372 g/mol. The predicted octanol–water partition coefficient (Wildman–Crippen LogP) is 2.15. The Hall–Kier alpha value is -2.35. The first-order valence-corrected chi connectivity index (χ1v) is 10.6.